The number of hydrogen-bond acceptors (Lipinski definition) is 3. The number of hydrogen-bond donors (Lipinski definition) is 1. The Morgan fingerprint density at radius 3 is 3.00 bits per heavy atom. The highest BCUT2D eigenvalue weighted by Gasteiger charge is 2.21. The van der Waals surface area contributed by atoms with Crippen LogP contribution in [0.25, 0.3) is 0 Å². The van der Waals surface area contributed by atoms with Gasteiger partial charge in [0, 0.05) is 37.7 Å². The lowest BCUT2D eigenvalue weighted by Gasteiger charge is -2.21. The van der Waals surface area contributed by atoms with E-state index in [1.807, 2.05) is 19.4 Å². The predicted molar refractivity (Wildman–Crippen MR) is 77.1 cm³/mol. The molecule has 1 aliphatic rings. The fourth-order valence-corrected chi connectivity index (χ4v) is 2.72. The molecule has 0 bridgehead atoms. The molecule has 0 spiro atoms. The van der Waals surface area contributed by atoms with E-state index in [0.29, 0.717) is 6.04 Å². The molecule has 100 valence electrons. The first kappa shape index (κ1) is 12.2. The van der Waals surface area contributed by atoms with Crippen LogP contribution >= 0.6 is 0 Å². The van der Waals surface area contributed by atoms with Crippen LogP contribution in [0.1, 0.15) is 11.4 Å². The van der Waals surface area contributed by atoms with E-state index in [9.17, 15) is 0 Å². The van der Waals surface area contributed by atoms with Gasteiger partial charge in [0.1, 0.15) is 5.82 Å². The first-order valence-corrected chi connectivity index (χ1v) is 6.71. The van der Waals surface area contributed by atoms with Crippen LogP contribution in [-0.2, 0) is 20.0 Å². The molecule has 1 aromatic heterocycles. The summed E-state index contributed by atoms with van der Waals surface area (Å²) < 4.78 is 2.08. The van der Waals surface area contributed by atoms with Crippen molar-refractivity contribution in [2.24, 2.45) is 7.05 Å². The average molecular weight is 256 g/mol. The Morgan fingerprint density at radius 2 is 2.26 bits per heavy atom. The van der Waals surface area contributed by atoms with Gasteiger partial charge in [-0.25, -0.2) is 4.98 Å². The maximum atomic E-state index is 4.37. The summed E-state index contributed by atoms with van der Waals surface area (Å²) in [5.41, 5.74) is 2.72. The average Bonchev–Trinajstić information content (AvgIpc) is 2.95. The van der Waals surface area contributed by atoms with Gasteiger partial charge in [-0.2, -0.15) is 0 Å². The van der Waals surface area contributed by atoms with E-state index < -0.39 is 0 Å². The zero-order valence-corrected chi connectivity index (χ0v) is 11.5. The van der Waals surface area contributed by atoms with Crippen molar-refractivity contribution in [2.75, 3.05) is 18.9 Å². The summed E-state index contributed by atoms with van der Waals surface area (Å²) in [6.45, 7) is 1.92. The third-order valence-corrected chi connectivity index (χ3v) is 3.71. The molecule has 4 nitrogen and oxygen atoms in total. The van der Waals surface area contributed by atoms with Crippen molar-refractivity contribution in [3.63, 3.8) is 0 Å². The van der Waals surface area contributed by atoms with Crippen LogP contribution in [0.2, 0.25) is 0 Å². The molecule has 0 radical (unpaired) electrons. The van der Waals surface area contributed by atoms with Gasteiger partial charge in [0.15, 0.2) is 0 Å². The molecule has 0 fully saturated rings. The van der Waals surface area contributed by atoms with Gasteiger partial charge in [-0.3, -0.25) is 4.90 Å². The number of nitrogens with zero attached hydrogens (tertiary/aromatic N) is 3. The van der Waals surface area contributed by atoms with Crippen LogP contribution in [-0.4, -0.2) is 34.1 Å². The third kappa shape index (κ3) is 2.63. The third-order valence-electron chi connectivity index (χ3n) is 3.71. The summed E-state index contributed by atoms with van der Waals surface area (Å²) in [4.78, 5) is 6.70. The van der Waals surface area contributed by atoms with Crippen molar-refractivity contribution in [1.82, 2.24) is 14.5 Å². The molecule has 1 aliphatic heterocycles. The Kier molecular flexibility index (Phi) is 3.25. The fourth-order valence-electron chi connectivity index (χ4n) is 2.72. The maximum Gasteiger partial charge on any atom is 0.122 e. The van der Waals surface area contributed by atoms with Gasteiger partial charge in [0.2, 0.25) is 0 Å². The number of rotatable bonds is 4. The quantitative estimate of drug-likeness (QED) is 0.907. The van der Waals surface area contributed by atoms with Gasteiger partial charge in [0.25, 0.3) is 0 Å². The van der Waals surface area contributed by atoms with Crippen LogP contribution in [0.4, 0.5) is 5.69 Å². The lowest BCUT2D eigenvalue weighted by atomic mass is 10.1. The number of aryl methyl sites for hydroxylation is 1. The predicted octanol–water partition coefficient (Wildman–Crippen LogP) is 1.89. The van der Waals surface area contributed by atoms with Crippen LogP contribution in [0.5, 0.6) is 0 Å². The number of anilines is 1. The van der Waals surface area contributed by atoms with Crippen molar-refractivity contribution in [3.8, 4) is 0 Å². The van der Waals surface area contributed by atoms with Crippen molar-refractivity contribution >= 4 is 5.69 Å². The molecule has 0 aliphatic carbocycles. The number of benzene rings is 1. The molecule has 0 amide bonds. The van der Waals surface area contributed by atoms with Gasteiger partial charge in [0.05, 0.1) is 6.54 Å². The standard InChI is InChI=1S/C15H20N4/c1-18(11-15-16-7-8-19(15)2)10-13-9-12-5-3-4-6-14(12)17-13/h3-8,13,17H,9-11H2,1-2H3. The summed E-state index contributed by atoms with van der Waals surface area (Å²) in [7, 11) is 4.19. The van der Waals surface area contributed by atoms with Gasteiger partial charge < -0.3 is 9.88 Å². The van der Waals surface area contributed by atoms with E-state index in [4.69, 9.17) is 0 Å². The Balaban J connectivity index is 1.57. The van der Waals surface area contributed by atoms with E-state index in [1.54, 1.807) is 0 Å². The maximum absolute atomic E-state index is 4.37. The minimum absolute atomic E-state index is 0.502. The van der Waals surface area contributed by atoms with E-state index in [0.717, 1.165) is 25.3 Å². The first-order valence-electron chi connectivity index (χ1n) is 6.71. The van der Waals surface area contributed by atoms with Crippen molar-refractivity contribution < 1.29 is 0 Å². The highest BCUT2D eigenvalue weighted by atomic mass is 15.2. The van der Waals surface area contributed by atoms with Crippen LogP contribution in [0, 0.1) is 0 Å². The lowest BCUT2D eigenvalue weighted by molar-refractivity contribution is 0.302. The molecule has 4 heteroatoms. The molecule has 1 N–H and O–H groups in total. The molecule has 3 rings (SSSR count). The smallest absolute Gasteiger partial charge is 0.122 e. The minimum atomic E-state index is 0.502. The van der Waals surface area contributed by atoms with Gasteiger partial charge in [-0.15, -0.1) is 0 Å². The molecular formula is C15H20N4. The Hall–Kier alpha value is -1.81. The van der Waals surface area contributed by atoms with E-state index in [1.165, 1.54) is 11.3 Å². The first-order chi connectivity index (χ1) is 9.22. The van der Waals surface area contributed by atoms with Gasteiger partial charge in [-0.1, -0.05) is 18.2 Å². The number of fused-ring (bicyclic) bond motifs is 1. The molecule has 0 saturated heterocycles. The van der Waals surface area contributed by atoms with E-state index in [-0.39, 0.29) is 0 Å². The molecular weight excluding hydrogens is 236 g/mol. The van der Waals surface area contributed by atoms with E-state index >= 15 is 0 Å². The molecule has 1 unspecified atom stereocenters. The summed E-state index contributed by atoms with van der Waals surface area (Å²) in [6.07, 6.45) is 4.96. The SMILES string of the molecule is CN(Cc1nccn1C)CC1Cc2ccccc2N1. The molecule has 1 aromatic carbocycles. The number of imidazole rings is 1. The largest absolute Gasteiger partial charge is 0.380 e. The second-order valence-corrected chi connectivity index (χ2v) is 5.35. The molecule has 2 heterocycles. The highest BCUT2D eigenvalue weighted by molar-refractivity contribution is 5.56. The van der Waals surface area contributed by atoms with Crippen LogP contribution in [0.15, 0.2) is 36.7 Å². The topological polar surface area (TPSA) is 33.1 Å². The number of para-hydroxylation sites is 1. The van der Waals surface area contributed by atoms with Gasteiger partial charge in [-0.05, 0) is 25.1 Å². The second kappa shape index (κ2) is 5.05. The monoisotopic (exact) mass is 256 g/mol. The zero-order chi connectivity index (χ0) is 13.2. The Labute approximate surface area is 114 Å². The van der Waals surface area contributed by atoms with E-state index in [2.05, 4.69) is 51.1 Å². The summed E-state index contributed by atoms with van der Waals surface area (Å²) >= 11 is 0. The zero-order valence-electron chi connectivity index (χ0n) is 11.5. The number of aromatic nitrogens is 2. The second-order valence-electron chi connectivity index (χ2n) is 5.35. The highest BCUT2D eigenvalue weighted by Crippen LogP contribution is 2.25. The molecule has 1 atom stereocenters. The van der Waals surface area contributed by atoms with Crippen molar-refractivity contribution in [1.29, 1.82) is 0 Å². The Morgan fingerprint density at radius 1 is 1.42 bits per heavy atom. The molecule has 0 saturated carbocycles. The van der Waals surface area contributed by atoms with Crippen LogP contribution in [0.3, 0.4) is 0 Å². The minimum Gasteiger partial charge on any atom is -0.380 e. The van der Waals surface area contributed by atoms with Crippen molar-refractivity contribution in [2.45, 2.75) is 19.0 Å². The number of nitrogens with one attached hydrogen (secondary N) is 1. The van der Waals surface area contributed by atoms with Gasteiger partial charge >= 0.3 is 0 Å². The summed E-state index contributed by atoms with van der Waals surface area (Å²) in [6, 6.07) is 9.07. The van der Waals surface area contributed by atoms with Crippen LogP contribution < -0.4 is 5.32 Å². The lowest BCUT2D eigenvalue weighted by Crippen LogP contribution is -2.33. The summed E-state index contributed by atoms with van der Waals surface area (Å²) in [5.74, 6) is 1.11. The summed E-state index contributed by atoms with van der Waals surface area (Å²) in [5, 5.41) is 3.59. The fraction of sp³-hybridized carbons (Fsp3) is 0.400. The molecule has 2 aromatic rings. The normalized spacial score (nSPS) is 17.5. The Bertz CT molecular complexity index is 536. The number of likely N-dealkylation sites (N-methyl/N-ethyl adjacent to an activating group) is 1. The van der Waals surface area contributed by atoms with Crippen molar-refractivity contribution in [3.05, 3.63) is 48.0 Å². The molecule has 19 heavy (non-hydrogen) atoms.